The minimum Gasteiger partial charge on any atom is -0.481 e. The van der Waals surface area contributed by atoms with Crippen molar-refractivity contribution in [3.8, 4) is 11.1 Å². The summed E-state index contributed by atoms with van der Waals surface area (Å²) < 4.78 is 19.4. The lowest BCUT2D eigenvalue weighted by Gasteiger charge is -2.49. The SMILES string of the molecule is O=C(O)CC1(c2cccc(F)c2)CN(C(=O)OCC2c3ccccc3-c3ccccc32)C1. The van der Waals surface area contributed by atoms with E-state index in [1.165, 1.54) is 17.0 Å². The lowest BCUT2D eigenvalue weighted by molar-refractivity contribution is -0.140. The summed E-state index contributed by atoms with van der Waals surface area (Å²) in [6.07, 6.45) is -0.659. The van der Waals surface area contributed by atoms with Crippen LogP contribution in [-0.2, 0) is 14.9 Å². The molecule has 0 unspecified atom stereocenters. The van der Waals surface area contributed by atoms with Gasteiger partial charge in [0.15, 0.2) is 0 Å². The molecule has 0 aromatic heterocycles. The number of likely N-dealkylation sites (tertiary alicyclic amines) is 1. The molecule has 32 heavy (non-hydrogen) atoms. The Kier molecular flexibility index (Phi) is 4.93. The van der Waals surface area contributed by atoms with E-state index >= 15 is 0 Å². The molecule has 0 bridgehead atoms. The van der Waals surface area contributed by atoms with Gasteiger partial charge in [-0.3, -0.25) is 4.79 Å². The van der Waals surface area contributed by atoms with E-state index in [4.69, 9.17) is 4.74 Å². The Bertz CT molecular complexity index is 1160. The molecule has 1 fully saturated rings. The van der Waals surface area contributed by atoms with Crippen LogP contribution >= 0.6 is 0 Å². The van der Waals surface area contributed by atoms with Crippen molar-refractivity contribution in [1.29, 1.82) is 0 Å². The molecule has 5 rings (SSSR count). The summed E-state index contributed by atoms with van der Waals surface area (Å²) in [5.74, 6) is -1.45. The summed E-state index contributed by atoms with van der Waals surface area (Å²) >= 11 is 0. The molecule has 3 aromatic carbocycles. The highest BCUT2D eigenvalue weighted by atomic mass is 19.1. The smallest absolute Gasteiger partial charge is 0.409 e. The van der Waals surface area contributed by atoms with Crippen LogP contribution in [0.25, 0.3) is 11.1 Å². The number of halogens is 1. The van der Waals surface area contributed by atoms with E-state index in [0.29, 0.717) is 5.56 Å². The zero-order chi connectivity index (χ0) is 22.3. The average molecular weight is 431 g/mol. The monoisotopic (exact) mass is 431 g/mol. The largest absolute Gasteiger partial charge is 0.481 e. The molecular weight excluding hydrogens is 409 g/mol. The fraction of sp³-hybridized carbons (Fsp3) is 0.231. The van der Waals surface area contributed by atoms with E-state index in [2.05, 4.69) is 24.3 Å². The number of rotatable bonds is 5. The van der Waals surface area contributed by atoms with E-state index in [1.807, 2.05) is 24.3 Å². The second kappa shape index (κ2) is 7.79. The molecule has 0 spiro atoms. The maximum atomic E-state index is 13.7. The number of carboxylic acid groups (broad SMARTS) is 1. The van der Waals surface area contributed by atoms with E-state index in [-0.39, 0.29) is 32.0 Å². The fourth-order valence-electron chi connectivity index (χ4n) is 5.00. The first-order chi connectivity index (χ1) is 15.5. The predicted octanol–water partition coefficient (Wildman–Crippen LogP) is 4.80. The summed E-state index contributed by atoms with van der Waals surface area (Å²) in [5, 5.41) is 9.37. The fourth-order valence-corrected chi connectivity index (χ4v) is 5.00. The molecule has 3 aromatic rings. The van der Waals surface area contributed by atoms with Gasteiger partial charge in [0.05, 0.1) is 6.42 Å². The molecule has 0 radical (unpaired) electrons. The van der Waals surface area contributed by atoms with Crippen LogP contribution in [0.2, 0.25) is 0 Å². The highest BCUT2D eigenvalue weighted by Crippen LogP contribution is 2.45. The summed E-state index contributed by atoms with van der Waals surface area (Å²) in [6, 6.07) is 22.1. The van der Waals surface area contributed by atoms with Crippen LogP contribution in [0.15, 0.2) is 72.8 Å². The third-order valence-electron chi connectivity index (χ3n) is 6.51. The second-order valence-corrected chi connectivity index (χ2v) is 8.52. The topological polar surface area (TPSA) is 66.8 Å². The van der Waals surface area contributed by atoms with Crippen molar-refractivity contribution in [2.24, 2.45) is 0 Å². The summed E-state index contributed by atoms with van der Waals surface area (Å²) in [5.41, 5.74) is 4.34. The van der Waals surface area contributed by atoms with Crippen molar-refractivity contribution in [2.45, 2.75) is 17.8 Å². The standard InChI is InChI=1S/C26H22FNO4/c27-18-7-5-6-17(12-18)26(13-24(29)30)15-28(16-26)25(31)32-14-23-21-10-3-1-8-19(21)20-9-2-4-11-22(20)23/h1-12,23H,13-16H2,(H,29,30). The van der Waals surface area contributed by atoms with Gasteiger partial charge >= 0.3 is 12.1 Å². The Morgan fingerprint density at radius 3 is 2.19 bits per heavy atom. The molecule has 0 saturated carbocycles. The zero-order valence-electron chi connectivity index (χ0n) is 17.3. The molecule has 1 N–H and O–H groups in total. The van der Waals surface area contributed by atoms with Crippen molar-refractivity contribution in [1.82, 2.24) is 4.90 Å². The maximum Gasteiger partial charge on any atom is 0.409 e. The van der Waals surface area contributed by atoms with Crippen LogP contribution in [0, 0.1) is 5.82 Å². The van der Waals surface area contributed by atoms with Crippen LogP contribution < -0.4 is 0 Å². The number of carbonyl (C=O) groups is 2. The molecule has 0 atom stereocenters. The molecule has 1 aliphatic carbocycles. The Balaban J connectivity index is 1.29. The van der Waals surface area contributed by atoms with Crippen molar-refractivity contribution in [3.05, 3.63) is 95.3 Å². The van der Waals surface area contributed by atoms with E-state index in [0.717, 1.165) is 22.3 Å². The van der Waals surface area contributed by atoms with E-state index in [1.54, 1.807) is 12.1 Å². The quantitative estimate of drug-likeness (QED) is 0.630. The minimum absolute atomic E-state index is 0.0420. The van der Waals surface area contributed by atoms with Gasteiger partial charge in [0.1, 0.15) is 12.4 Å². The third-order valence-corrected chi connectivity index (χ3v) is 6.51. The van der Waals surface area contributed by atoms with Crippen LogP contribution in [-0.4, -0.2) is 41.8 Å². The number of aliphatic carboxylic acids is 1. The summed E-state index contributed by atoms with van der Waals surface area (Å²) in [4.78, 5) is 25.7. The second-order valence-electron chi connectivity index (χ2n) is 8.52. The van der Waals surface area contributed by atoms with E-state index in [9.17, 15) is 19.1 Å². The number of fused-ring (bicyclic) bond motifs is 3. The molecule has 162 valence electrons. The van der Waals surface area contributed by atoms with Crippen LogP contribution in [0.5, 0.6) is 0 Å². The van der Waals surface area contributed by atoms with Crippen LogP contribution in [0.4, 0.5) is 9.18 Å². The Morgan fingerprint density at radius 1 is 0.969 bits per heavy atom. The van der Waals surface area contributed by atoms with E-state index < -0.39 is 23.3 Å². The summed E-state index contributed by atoms with van der Waals surface area (Å²) in [6.45, 7) is 0.564. The Labute approximate surface area is 185 Å². The van der Waals surface area contributed by atoms with Gasteiger partial charge in [-0.1, -0.05) is 60.7 Å². The highest BCUT2D eigenvalue weighted by molar-refractivity contribution is 5.79. The van der Waals surface area contributed by atoms with Gasteiger partial charge in [-0.2, -0.15) is 0 Å². The number of nitrogens with zero attached hydrogens (tertiary/aromatic N) is 1. The van der Waals surface area contributed by atoms with Gasteiger partial charge in [-0.05, 0) is 39.9 Å². The number of carboxylic acids is 1. The number of carbonyl (C=O) groups excluding carboxylic acids is 1. The molecule has 2 aliphatic rings. The normalized spacial score (nSPS) is 16.1. The molecule has 1 heterocycles. The van der Waals surface area contributed by atoms with Crippen molar-refractivity contribution in [3.63, 3.8) is 0 Å². The third kappa shape index (κ3) is 3.42. The van der Waals surface area contributed by atoms with Gasteiger partial charge in [-0.15, -0.1) is 0 Å². The molecule has 1 aliphatic heterocycles. The minimum atomic E-state index is -0.985. The first-order valence-corrected chi connectivity index (χ1v) is 10.5. The van der Waals surface area contributed by atoms with Gasteiger partial charge in [0.25, 0.3) is 0 Å². The van der Waals surface area contributed by atoms with Crippen molar-refractivity contribution >= 4 is 12.1 Å². The number of hydrogen-bond donors (Lipinski definition) is 1. The molecule has 5 nitrogen and oxygen atoms in total. The van der Waals surface area contributed by atoms with Gasteiger partial charge in [0.2, 0.25) is 0 Å². The first-order valence-electron chi connectivity index (χ1n) is 10.5. The first kappa shape index (κ1) is 20.2. The molecule has 6 heteroatoms. The molecule has 1 amide bonds. The van der Waals surface area contributed by atoms with Crippen LogP contribution in [0.1, 0.15) is 29.0 Å². The molecular formula is C26H22FNO4. The van der Waals surface area contributed by atoms with Crippen molar-refractivity contribution < 1.29 is 23.8 Å². The number of amides is 1. The molecule has 1 saturated heterocycles. The number of benzene rings is 3. The lowest BCUT2D eigenvalue weighted by Crippen LogP contribution is -2.62. The Morgan fingerprint density at radius 2 is 1.59 bits per heavy atom. The van der Waals surface area contributed by atoms with Crippen LogP contribution in [0.3, 0.4) is 0 Å². The predicted molar refractivity (Wildman–Crippen MR) is 117 cm³/mol. The number of hydrogen-bond acceptors (Lipinski definition) is 3. The van der Waals surface area contributed by atoms with Gasteiger partial charge in [0, 0.05) is 24.4 Å². The maximum absolute atomic E-state index is 13.7. The van der Waals surface area contributed by atoms with Gasteiger partial charge < -0.3 is 14.7 Å². The number of ether oxygens (including phenoxy) is 1. The summed E-state index contributed by atoms with van der Waals surface area (Å²) in [7, 11) is 0. The van der Waals surface area contributed by atoms with Crippen molar-refractivity contribution in [2.75, 3.05) is 19.7 Å². The highest BCUT2D eigenvalue weighted by Gasteiger charge is 2.49. The Hall–Kier alpha value is -3.67. The lowest BCUT2D eigenvalue weighted by atomic mass is 9.71. The van der Waals surface area contributed by atoms with Gasteiger partial charge in [-0.25, -0.2) is 9.18 Å². The average Bonchev–Trinajstić information content (AvgIpc) is 3.08. The zero-order valence-corrected chi connectivity index (χ0v) is 17.3.